The number of carbonyl (C=O) groups is 1. The molecule has 0 saturated heterocycles. The van der Waals surface area contributed by atoms with Crippen LogP contribution in [0.15, 0.2) is 100 Å². The number of rotatable bonds is 7. The number of carbonyl (C=O) groups excluding carboxylic acids is 1. The minimum absolute atomic E-state index is 0.169. The van der Waals surface area contributed by atoms with Crippen LogP contribution in [0.4, 0.5) is 0 Å². The summed E-state index contributed by atoms with van der Waals surface area (Å²) in [6.45, 7) is 0.396. The van der Waals surface area contributed by atoms with Gasteiger partial charge in [0, 0.05) is 17.5 Å². The molecule has 174 valence electrons. The van der Waals surface area contributed by atoms with Gasteiger partial charge in [0.2, 0.25) is 0 Å². The van der Waals surface area contributed by atoms with Crippen LogP contribution < -0.4 is 14.9 Å². The summed E-state index contributed by atoms with van der Waals surface area (Å²) in [4.78, 5) is 25.2. The van der Waals surface area contributed by atoms with Crippen molar-refractivity contribution in [2.45, 2.75) is 12.8 Å². The number of fused-ring (bicyclic) bond motifs is 2. The summed E-state index contributed by atoms with van der Waals surface area (Å²) in [7, 11) is 0. The molecule has 0 radical (unpaired) electrons. The highest BCUT2D eigenvalue weighted by Gasteiger charge is 2.12. The third-order valence-corrected chi connectivity index (χ3v) is 5.90. The lowest BCUT2D eigenvalue weighted by molar-refractivity contribution is -0.134. The van der Waals surface area contributed by atoms with Gasteiger partial charge in [-0.3, -0.25) is 9.59 Å². The first-order valence-corrected chi connectivity index (χ1v) is 11.6. The SMILES string of the molecule is O=C(CCCOc1ccc2ccccc2c1)Oc1ccc2c(=O)c(-c3ccc(Cl)cc3)coc2c1. The first-order chi connectivity index (χ1) is 17.1. The lowest BCUT2D eigenvalue weighted by Crippen LogP contribution is -2.10. The Morgan fingerprint density at radius 1 is 0.857 bits per heavy atom. The third kappa shape index (κ3) is 5.20. The zero-order valence-electron chi connectivity index (χ0n) is 18.7. The number of hydrogen-bond acceptors (Lipinski definition) is 5. The van der Waals surface area contributed by atoms with Crippen LogP contribution in [0, 0.1) is 0 Å². The van der Waals surface area contributed by atoms with Crippen molar-refractivity contribution in [2.24, 2.45) is 0 Å². The average molecular weight is 485 g/mol. The van der Waals surface area contributed by atoms with Crippen molar-refractivity contribution in [3.05, 3.63) is 106 Å². The molecule has 0 fully saturated rings. The molecule has 5 aromatic rings. The van der Waals surface area contributed by atoms with Crippen LogP contribution in [-0.4, -0.2) is 12.6 Å². The van der Waals surface area contributed by atoms with E-state index in [1.807, 2.05) is 42.5 Å². The predicted molar refractivity (Wildman–Crippen MR) is 137 cm³/mol. The Labute approximate surface area is 206 Å². The van der Waals surface area contributed by atoms with E-state index in [-0.39, 0.29) is 17.8 Å². The number of benzene rings is 4. The molecule has 1 heterocycles. The number of esters is 1. The molecule has 6 heteroatoms. The summed E-state index contributed by atoms with van der Waals surface area (Å²) in [5, 5.41) is 3.25. The fourth-order valence-electron chi connectivity index (χ4n) is 3.85. The summed E-state index contributed by atoms with van der Waals surface area (Å²) in [6.07, 6.45) is 2.12. The van der Waals surface area contributed by atoms with E-state index in [1.165, 1.54) is 6.26 Å². The molecular weight excluding hydrogens is 464 g/mol. The Balaban J connectivity index is 1.18. The second-order valence-corrected chi connectivity index (χ2v) is 8.51. The Morgan fingerprint density at radius 3 is 2.46 bits per heavy atom. The fourth-order valence-corrected chi connectivity index (χ4v) is 3.97. The monoisotopic (exact) mass is 484 g/mol. The molecule has 0 aliphatic heterocycles. The van der Waals surface area contributed by atoms with Crippen LogP contribution in [-0.2, 0) is 4.79 Å². The maximum absolute atomic E-state index is 12.9. The first-order valence-electron chi connectivity index (χ1n) is 11.2. The molecule has 5 nitrogen and oxygen atoms in total. The lowest BCUT2D eigenvalue weighted by Gasteiger charge is -2.08. The van der Waals surface area contributed by atoms with Gasteiger partial charge in [-0.2, -0.15) is 0 Å². The first kappa shape index (κ1) is 22.7. The summed E-state index contributed by atoms with van der Waals surface area (Å²) in [6, 6.07) is 25.7. The van der Waals surface area contributed by atoms with E-state index in [2.05, 4.69) is 0 Å². The summed E-state index contributed by atoms with van der Waals surface area (Å²) >= 11 is 5.93. The van der Waals surface area contributed by atoms with E-state index in [0.717, 1.165) is 16.5 Å². The van der Waals surface area contributed by atoms with Crippen molar-refractivity contribution < 1.29 is 18.7 Å². The van der Waals surface area contributed by atoms with Crippen LogP contribution in [0.2, 0.25) is 5.02 Å². The molecule has 0 unspecified atom stereocenters. The van der Waals surface area contributed by atoms with E-state index < -0.39 is 0 Å². The molecule has 5 rings (SSSR count). The van der Waals surface area contributed by atoms with Gasteiger partial charge >= 0.3 is 5.97 Å². The molecule has 4 aromatic carbocycles. The molecule has 0 saturated carbocycles. The molecule has 0 aliphatic carbocycles. The van der Waals surface area contributed by atoms with Crippen molar-refractivity contribution in [3.63, 3.8) is 0 Å². The maximum atomic E-state index is 12.9. The fraction of sp³-hybridized carbons (Fsp3) is 0.103. The molecule has 0 bridgehead atoms. The van der Waals surface area contributed by atoms with Gasteiger partial charge in [-0.25, -0.2) is 0 Å². The van der Waals surface area contributed by atoms with Crippen LogP contribution in [0.3, 0.4) is 0 Å². The smallest absolute Gasteiger partial charge is 0.311 e. The molecule has 35 heavy (non-hydrogen) atoms. The van der Waals surface area contributed by atoms with Crippen LogP contribution in [0.25, 0.3) is 32.9 Å². The highest BCUT2D eigenvalue weighted by Crippen LogP contribution is 2.25. The second-order valence-electron chi connectivity index (χ2n) is 8.08. The van der Waals surface area contributed by atoms with Crippen molar-refractivity contribution >= 4 is 39.3 Å². The zero-order valence-corrected chi connectivity index (χ0v) is 19.5. The van der Waals surface area contributed by atoms with Crippen molar-refractivity contribution in [3.8, 4) is 22.6 Å². The van der Waals surface area contributed by atoms with Gasteiger partial charge < -0.3 is 13.9 Å². The number of hydrogen-bond donors (Lipinski definition) is 0. The van der Waals surface area contributed by atoms with Crippen LogP contribution in [0.5, 0.6) is 11.5 Å². The highest BCUT2D eigenvalue weighted by atomic mass is 35.5. The molecular formula is C29H21ClO5. The molecule has 0 aliphatic rings. The summed E-state index contributed by atoms with van der Waals surface area (Å²) in [5.41, 5.74) is 1.33. The Kier molecular flexibility index (Phi) is 6.51. The average Bonchev–Trinajstić information content (AvgIpc) is 2.87. The minimum Gasteiger partial charge on any atom is -0.494 e. The van der Waals surface area contributed by atoms with Gasteiger partial charge in [-0.1, -0.05) is 54.1 Å². The van der Waals surface area contributed by atoms with Crippen molar-refractivity contribution in [2.75, 3.05) is 6.61 Å². The van der Waals surface area contributed by atoms with Gasteiger partial charge in [-0.15, -0.1) is 0 Å². The van der Waals surface area contributed by atoms with Gasteiger partial charge in [0.25, 0.3) is 0 Å². The van der Waals surface area contributed by atoms with Gasteiger partial charge in [0.1, 0.15) is 23.3 Å². The van der Waals surface area contributed by atoms with E-state index in [1.54, 1.807) is 42.5 Å². The van der Waals surface area contributed by atoms with E-state index >= 15 is 0 Å². The molecule has 1 aromatic heterocycles. The minimum atomic E-state index is -0.383. The quantitative estimate of drug-likeness (QED) is 0.141. The van der Waals surface area contributed by atoms with Gasteiger partial charge in [0.05, 0.1) is 17.6 Å². The second kappa shape index (κ2) is 10.0. The molecule has 0 atom stereocenters. The molecule has 0 N–H and O–H groups in total. The Morgan fingerprint density at radius 2 is 1.63 bits per heavy atom. The van der Waals surface area contributed by atoms with E-state index in [0.29, 0.717) is 45.9 Å². The summed E-state index contributed by atoms with van der Waals surface area (Å²) in [5.74, 6) is 0.700. The third-order valence-electron chi connectivity index (χ3n) is 5.65. The molecule has 0 amide bonds. The highest BCUT2D eigenvalue weighted by molar-refractivity contribution is 6.30. The van der Waals surface area contributed by atoms with Gasteiger partial charge in [-0.05, 0) is 59.2 Å². The summed E-state index contributed by atoms with van der Waals surface area (Å²) < 4.78 is 16.9. The van der Waals surface area contributed by atoms with E-state index in [4.69, 9.17) is 25.5 Å². The van der Waals surface area contributed by atoms with E-state index in [9.17, 15) is 9.59 Å². The number of halogens is 1. The van der Waals surface area contributed by atoms with Gasteiger partial charge in [0.15, 0.2) is 5.43 Å². The topological polar surface area (TPSA) is 65.7 Å². The lowest BCUT2D eigenvalue weighted by atomic mass is 10.1. The Hall–Kier alpha value is -4.09. The van der Waals surface area contributed by atoms with Crippen LogP contribution in [0.1, 0.15) is 12.8 Å². The van der Waals surface area contributed by atoms with Crippen molar-refractivity contribution in [1.29, 1.82) is 0 Å². The maximum Gasteiger partial charge on any atom is 0.311 e. The zero-order chi connectivity index (χ0) is 24.2. The largest absolute Gasteiger partial charge is 0.494 e. The number of ether oxygens (including phenoxy) is 2. The van der Waals surface area contributed by atoms with Crippen molar-refractivity contribution in [1.82, 2.24) is 0 Å². The van der Waals surface area contributed by atoms with Crippen LogP contribution >= 0.6 is 11.6 Å². The molecule has 0 spiro atoms. The Bertz CT molecular complexity index is 1570. The standard InChI is InChI=1S/C29H21ClO5/c30-22-10-7-20(8-11-22)26-18-34-27-17-24(13-14-25(27)29(26)32)35-28(31)6-3-15-33-23-12-9-19-4-1-2-5-21(19)16-23/h1-2,4-5,7-14,16-18H,3,6,15H2. The normalized spacial score (nSPS) is 11.0. The predicted octanol–water partition coefficient (Wildman–Crippen LogP) is 7.03.